The van der Waals surface area contributed by atoms with Gasteiger partial charge in [0.15, 0.2) is 5.17 Å². The van der Waals surface area contributed by atoms with Gasteiger partial charge in [0.05, 0.1) is 5.69 Å². The van der Waals surface area contributed by atoms with Gasteiger partial charge < -0.3 is 5.32 Å². The fourth-order valence-electron chi connectivity index (χ4n) is 3.80. The molecule has 0 bridgehead atoms. The fourth-order valence-corrected chi connectivity index (χ4v) is 4.96. The minimum Gasteiger partial charge on any atom is -0.326 e. The number of anilines is 1. The maximum atomic E-state index is 13.1. The van der Waals surface area contributed by atoms with E-state index in [0.29, 0.717) is 11.7 Å². The molecule has 1 unspecified atom stereocenters. The Labute approximate surface area is 192 Å². The van der Waals surface area contributed by atoms with E-state index >= 15 is 0 Å². The molecule has 0 aromatic heterocycles. The zero-order chi connectivity index (χ0) is 22.7. The number of amides is 2. The summed E-state index contributed by atoms with van der Waals surface area (Å²) < 4.78 is 0. The van der Waals surface area contributed by atoms with Gasteiger partial charge in [-0.2, -0.15) is 0 Å². The maximum absolute atomic E-state index is 13.1. The average molecular weight is 444 g/mol. The molecule has 3 aromatic carbocycles. The van der Waals surface area contributed by atoms with Gasteiger partial charge in [0.2, 0.25) is 11.8 Å². The van der Waals surface area contributed by atoms with Crippen LogP contribution in [-0.4, -0.2) is 33.7 Å². The topological polar surface area (TPSA) is 61.8 Å². The van der Waals surface area contributed by atoms with Crippen LogP contribution in [0.5, 0.6) is 0 Å². The molecule has 162 valence electrons. The molecule has 1 atom stereocenters. The molecular weight excluding hydrogens is 418 g/mol. The van der Waals surface area contributed by atoms with Crippen molar-refractivity contribution in [3.63, 3.8) is 0 Å². The lowest BCUT2D eigenvalue weighted by Gasteiger charge is -2.14. The van der Waals surface area contributed by atoms with E-state index in [4.69, 9.17) is 4.99 Å². The highest BCUT2D eigenvalue weighted by molar-refractivity contribution is 8.15. The van der Waals surface area contributed by atoms with Gasteiger partial charge >= 0.3 is 0 Å². The highest BCUT2D eigenvalue weighted by atomic mass is 32.2. The summed E-state index contributed by atoms with van der Waals surface area (Å²) in [6.45, 7) is 8.04. The lowest BCUT2D eigenvalue weighted by atomic mass is 10.1. The van der Waals surface area contributed by atoms with Crippen LogP contribution in [0.2, 0.25) is 0 Å². The molecular formula is C26H25N3O2S. The van der Waals surface area contributed by atoms with Crippen molar-refractivity contribution in [1.29, 1.82) is 0 Å². The van der Waals surface area contributed by atoms with E-state index in [2.05, 4.69) is 11.9 Å². The van der Waals surface area contributed by atoms with Crippen molar-refractivity contribution in [3.8, 4) is 0 Å². The Bertz CT molecular complexity index is 1210. The summed E-state index contributed by atoms with van der Waals surface area (Å²) in [5.74, 6) is -0.302. The first-order valence-electron chi connectivity index (χ1n) is 10.5. The van der Waals surface area contributed by atoms with Crippen LogP contribution in [-0.2, 0) is 9.59 Å². The first-order chi connectivity index (χ1) is 15.5. The SMILES string of the molecule is C=CCN1C(=O)C(CC(=O)Nc2c(C)cccc2C)SC1=Nc1cccc2ccccc12. The summed E-state index contributed by atoms with van der Waals surface area (Å²) in [6, 6.07) is 19.8. The van der Waals surface area contributed by atoms with Gasteiger partial charge in [-0.25, -0.2) is 4.99 Å². The molecule has 0 saturated carbocycles. The molecule has 0 aliphatic carbocycles. The number of rotatable bonds is 6. The summed E-state index contributed by atoms with van der Waals surface area (Å²) in [6.07, 6.45) is 1.76. The summed E-state index contributed by atoms with van der Waals surface area (Å²) in [5, 5.41) is 5.16. The summed E-state index contributed by atoms with van der Waals surface area (Å²) in [7, 11) is 0. The van der Waals surface area contributed by atoms with Crippen LogP contribution in [0.3, 0.4) is 0 Å². The Hall–Kier alpha value is -3.38. The largest absolute Gasteiger partial charge is 0.326 e. The van der Waals surface area contributed by atoms with Crippen molar-refractivity contribution in [3.05, 3.63) is 84.4 Å². The van der Waals surface area contributed by atoms with E-state index in [1.165, 1.54) is 11.8 Å². The molecule has 3 aromatic rings. The molecule has 1 aliphatic rings. The molecule has 1 N–H and O–H groups in total. The quantitative estimate of drug-likeness (QED) is 0.504. The van der Waals surface area contributed by atoms with E-state index in [1.54, 1.807) is 11.0 Å². The monoisotopic (exact) mass is 443 g/mol. The minimum atomic E-state index is -0.520. The van der Waals surface area contributed by atoms with Crippen molar-refractivity contribution in [1.82, 2.24) is 4.90 Å². The molecule has 2 amide bonds. The molecule has 6 heteroatoms. The number of aryl methyl sites for hydroxylation is 2. The lowest BCUT2D eigenvalue weighted by Crippen LogP contribution is -2.33. The zero-order valence-corrected chi connectivity index (χ0v) is 19.0. The van der Waals surface area contributed by atoms with Crippen LogP contribution in [0.15, 0.2) is 78.3 Å². The first kappa shape index (κ1) is 21.8. The third-order valence-corrected chi connectivity index (χ3v) is 6.61. The molecule has 32 heavy (non-hydrogen) atoms. The normalized spacial score (nSPS) is 17.2. The Morgan fingerprint density at radius 3 is 2.53 bits per heavy atom. The number of benzene rings is 3. The molecule has 0 spiro atoms. The number of hydrogen-bond donors (Lipinski definition) is 1. The molecule has 1 heterocycles. The number of hydrogen-bond acceptors (Lipinski definition) is 4. The summed E-state index contributed by atoms with van der Waals surface area (Å²) in [4.78, 5) is 32.3. The average Bonchev–Trinajstić information content (AvgIpc) is 3.06. The Kier molecular flexibility index (Phi) is 6.42. The number of carbonyl (C=O) groups excluding carboxylic acids is 2. The number of carbonyl (C=O) groups is 2. The minimum absolute atomic E-state index is 0.0828. The molecule has 5 nitrogen and oxygen atoms in total. The summed E-state index contributed by atoms with van der Waals surface area (Å²) >= 11 is 1.34. The van der Waals surface area contributed by atoms with Gasteiger partial charge in [0, 0.05) is 24.0 Å². The van der Waals surface area contributed by atoms with E-state index in [0.717, 1.165) is 33.3 Å². The van der Waals surface area contributed by atoms with Gasteiger partial charge in [0.1, 0.15) is 5.25 Å². The second-order valence-corrected chi connectivity index (χ2v) is 8.93. The van der Waals surface area contributed by atoms with Crippen LogP contribution in [0, 0.1) is 13.8 Å². The smallest absolute Gasteiger partial charge is 0.242 e. The maximum Gasteiger partial charge on any atom is 0.242 e. The zero-order valence-electron chi connectivity index (χ0n) is 18.2. The number of para-hydroxylation sites is 1. The second-order valence-electron chi connectivity index (χ2n) is 7.76. The second kappa shape index (κ2) is 9.40. The molecule has 4 rings (SSSR count). The van der Waals surface area contributed by atoms with Crippen LogP contribution < -0.4 is 5.32 Å². The van der Waals surface area contributed by atoms with Gasteiger partial charge in [0.25, 0.3) is 0 Å². The predicted octanol–water partition coefficient (Wildman–Crippen LogP) is 5.60. The van der Waals surface area contributed by atoms with E-state index < -0.39 is 5.25 Å². The molecule has 1 fully saturated rings. The van der Waals surface area contributed by atoms with Crippen molar-refractivity contribution in [2.75, 3.05) is 11.9 Å². The number of fused-ring (bicyclic) bond motifs is 1. The highest BCUT2D eigenvalue weighted by Gasteiger charge is 2.38. The van der Waals surface area contributed by atoms with Gasteiger partial charge in [-0.05, 0) is 36.4 Å². The van der Waals surface area contributed by atoms with Gasteiger partial charge in [-0.3, -0.25) is 14.5 Å². The van der Waals surface area contributed by atoms with Crippen LogP contribution in [0.4, 0.5) is 11.4 Å². The number of nitrogens with one attached hydrogen (secondary N) is 1. The third kappa shape index (κ3) is 4.46. The van der Waals surface area contributed by atoms with Gasteiger partial charge in [-0.15, -0.1) is 6.58 Å². The third-order valence-electron chi connectivity index (χ3n) is 5.43. The number of aliphatic imine (C=N–C) groups is 1. The van der Waals surface area contributed by atoms with Crippen LogP contribution >= 0.6 is 11.8 Å². The van der Waals surface area contributed by atoms with Crippen LogP contribution in [0.25, 0.3) is 10.8 Å². The molecule has 1 aliphatic heterocycles. The first-order valence-corrected chi connectivity index (χ1v) is 11.4. The van der Waals surface area contributed by atoms with Crippen molar-refractivity contribution in [2.24, 2.45) is 4.99 Å². The fraction of sp³-hybridized carbons (Fsp3) is 0.192. The number of thioether (sulfide) groups is 1. The van der Waals surface area contributed by atoms with Crippen molar-refractivity contribution in [2.45, 2.75) is 25.5 Å². The van der Waals surface area contributed by atoms with Gasteiger partial charge in [-0.1, -0.05) is 72.4 Å². The highest BCUT2D eigenvalue weighted by Crippen LogP contribution is 2.34. The Balaban J connectivity index is 1.58. The lowest BCUT2D eigenvalue weighted by molar-refractivity contribution is -0.127. The standard InChI is InChI=1S/C26H25N3O2S/c1-4-15-29-25(31)22(16-23(30)28-24-17(2)9-7-10-18(24)3)32-26(29)27-21-14-8-12-19-11-5-6-13-20(19)21/h4-14,22H,1,15-16H2,2-3H3,(H,28,30). The van der Waals surface area contributed by atoms with E-state index in [1.807, 2.05) is 74.5 Å². The number of nitrogens with zero attached hydrogens (tertiary/aromatic N) is 2. The van der Waals surface area contributed by atoms with Crippen molar-refractivity contribution >= 4 is 50.9 Å². The predicted molar refractivity (Wildman–Crippen MR) is 133 cm³/mol. The summed E-state index contributed by atoms with van der Waals surface area (Å²) in [5.41, 5.74) is 3.60. The van der Waals surface area contributed by atoms with E-state index in [-0.39, 0.29) is 18.2 Å². The molecule has 1 saturated heterocycles. The van der Waals surface area contributed by atoms with Crippen molar-refractivity contribution < 1.29 is 9.59 Å². The Morgan fingerprint density at radius 1 is 1.09 bits per heavy atom. The number of amidine groups is 1. The molecule has 0 radical (unpaired) electrons. The Morgan fingerprint density at radius 2 is 1.78 bits per heavy atom. The van der Waals surface area contributed by atoms with E-state index in [9.17, 15) is 9.59 Å². The van der Waals surface area contributed by atoms with Crippen LogP contribution in [0.1, 0.15) is 17.5 Å².